The van der Waals surface area contributed by atoms with Crippen LogP contribution in [0.3, 0.4) is 0 Å². The maximum Gasteiger partial charge on any atom is 0.241 e. The zero-order valence-electron chi connectivity index (χ0n) is 14.3. The highest BCUT2D eigenvalue weighted by Gasteiger charge is 2.28. The number of likely N-dealkylation sites (tertiary alicyclic amines) is 1. The van der Waals surface area contributed by atoms with E-state index in [1.54, 1.807) is 0 Å². The zero-order chi connectivity index (χ0) is 15.8. The Kier molecular flexibility index (Phi) is 4.14. The van der Waals surface area contributed by atoms with Crippen molar-refractivity contribution in [1.29, 1.82) is 0 Å². The minimum absolute atomic E-state index is 0.00962. The highest BCUT2D eigenvalue weighted by atomic mass is 16.2. The van der Waals surface area contributed by atoms with Gasteiger partial charge in [-0.1, -0.05) is 12.5 Å². The molecule has 1 unspecified atom stereocenters. The highest BCUT2D eigenvalue weighted by molar-refractivity contribution is 5.96. The van der Waals surface area contributed by atoms with Crippen LogP contribution in [-0.4, -0.2) is 29.9 Å². The molecule has 1 fully saturated rings. The Balaban J connectivity index is 1.58. The van der Waals surface area contributed by atoms with Crippen molar-refractivity contribution in [1.82, 2.24) is 4.90 Å². The molecule has 0 spiro atoms. The van der Waals surface area contributed by atoms with Crippen molar-refractivity contribution < 1.29 is 4.79 Å². The van der Waals surface area contributed by atoms with Crippen LogP contribution < -0.4 is 5.32 Å². The number of hydrogen-bond acceptors (Lipinski definition) is 2. The minimum atomic E-state index is -0.00962. The van der Waals surface area contributed by atoms with E-state index in [9.17, 15) is 4.79 Å². The topological polar surface area (TPSA) is 32.3 Å². The standard InChI is InChI=1S/C20H28N2O/c1-14(22-11-3-2-4-12-22)20(23)21-19-17-9-5-7-15(17)13-16-8-6-10-18(16)19/h13-14H,2-12H2,1H3,(H,21,23). The van der Waals surface area contributed by atoms with Crippen LogP contribution in [0, 0.1) is 0 Å². The van der Waals surface area contributed by atoms with Crippen molar-refractivity contribution >= 4 is 11.6 Å². The van der Waals surface area contributed by atoms with E-state index in [4.69, 9.17) is 0 Å². The van der Waals surface area contributed by atoms with Crippen molar-refractivity contribution in [3.63, 3.8) is 0 Å². The van der Waals surface area contributed by atoms with Crippen LogP contribution in [0.1, 0.15) is 61.3 Å². The van der Waals surface area contributed by atoms with E-state index < -0.39 is 0 Å². The third kappa shape index (κ3) is 2.80. The summed E-state index contributed by atoms with van der Waals surface area (Å²) in [6, 6.07) is 2.42. The Labute approximate surface area is 139 Å². The van der Waals surface area contributed by atoms with Gasteiger partial charge in [-0.3, -0.25) is 9.69 Å². The van der Waals surface area contributed by atoms with Crippen LogP contribution in [0.2, 0.25) is 0 Å². The third-order valence-corrected chi connectivity index (χ3v) is 6.04. The van der Waals surface area contributed by atoms with E-state index in [1.807, 2.05) is 0 Å². The second kappa shape index (κ2) is 6.27. The lowest BCUT2D eigenvalue weighted by Gasteiger charge is -2.31. The molecule has 0 aromatic heterocycles. The fourth-order valence-corrected chi connectivity index (χ4v) is 4.67. The van der Waals surface area contributed by atoms with Crippen LogP contribution in [0.4, 0.5) is 5.69 Å². The summed E-state index contributed by atoms with van der Waals surface area (Å²) in [4.78, 5) is 15.2. The van der Waals surface area contributed by atoms with Crippen molar-refractivity contribution in [3.05, 3.63) is 28.3 Å². The first kappa shape index (κ1) is 15.2. The molecule has 1 atom stereocenters. The molecule has 1 saturated heterocycles. The van der Waals surface area contributed by atoms with Gasteiger partial charge in [-0.15, -0.1) is 0 Å². The SMILES string of the molecule is CC(C(=O)Nc1c2c(cc3c1CCC3)CCC2)N1CCCCC1. The van der Waals surface area contributed by atoms with Gasteiger partial charge in [0.2, 0.25) is 5.91 Å². The second-order valence-electron chi connectivity index (χ2n) is 7.50. The van der Waals surface area contributed by atoms with E-state index in [1.165, 1.54) is 72.9 Å². The molecule has 1 heterocycles. The van der Waals surface area contributed by atoms with E-state index in [0.717, 1.165) is 25.9 Å². The van der Waals surface area contributed by atoms with E-state index in [0.29, 0.717) is 0 Å². The average Bonchev–Trinajstić information content (AvgIpc) is 3.23. The summed E-state index contributed by atoms with van der Waals surface area (Å²) in [6.45, 7) is 4.21. The van der Waals surface area contributed by atoms with Gasteiger partial charge in [0.15, 0.2) is 0 Å². The first-order chi connectivity index (χ1) is 11.2. The maximum atomic E-state index is 12.9. The van der Waals surface area contributed by atoms with Gasteiger partial charge in [0.05, 0.1) is 6.04 Å². The fourth-order valence-electron chi connectivity index (χ4n) is 4.67. The number of carbonyl (C=O) groups excluding carboxylic acids is 1. The van der Waals surface area contributed by atoms with Crippen LogP contribution in [0.5, 0.6) is 0 Å². The monoisotopic (exact) mass is 312 g/mol. The Morgan fingerprint density at radius 1 is 0.957 bits per heavy atom. The van der Waals surface area contributed by atoms with Gasteiger partial charge < -0.3 is 5.32 Å². The van der Waals surface area contributed by atoms with Crippen molar-refractivity contribution in [2.45, 2.75) is 70.8 Å². The van der Waals surface area contributed by atoms with Crippen LogP contribution in [0.25, 0.3) is 0 Å². The number of anilines is 1. The maximum absolute atomic E-state index is 12.9. The van der Waals surface area contributed by atoms with Crippen molar-refractivity contribution in [2.75, 3.05) is 18.4 Å². The lowest BCUT2D eigenvalue weighted by molar-refractivity contribution is -0.121. The summed E-state index contributed by atoms with van der Waals surface area (Å²) in [6.07, 6.45) is 10.9. The molecule has 124 valence electrons. The Morgan fingerprint density at radius 2 is 1.57 bits per heavy atom. The summed E-state index contributed by atoms with van der Waals surface area (Å²) in [7, 11) is 0. The molecule has 0 radical (unpaired) electrons. The molecule has 23 heavy (non-hydrogen) atoms. The van der Waals surface area contributed by atoms with Crippen LogP contribution >= 0.6 is 0 Å². The summed E-state index contributed by atoms with van der Waals surface area (Å²) in [5.74, 6) is 0.196. The molecule has 1 aromatic rings. The van der Waals surface area contributed by atoms with Gasteiger partial charge in [-0.05, 0) is 93.6 Å². The normalized spacial score (nSPS) is 21.8. The van der Waals surface area contributed by atoms with Crippen LogP contribution in [-0.2, 0) is 30.5 Å². The highest BCUT2D eigenvalue weighted by Crippen LogP contribution is 2.38. The molecule has 3 aliphatic rings. The molecule has 3 nitrogen and oxygen atoms in total. The molecule has 2 aliphatic carbocycles. The quantitative estimate of drug-likeness (QED) is 0.927. The number of benzene rings is 1. The molecule has 4 rings (SSSR count). The first-order valence-electron chi connectivity index (χ1n) is 9.45. The fraction of sp³-hybridized carbons (Fsp3) is 0.650. The lowest BCUT2D eigenvalue weighted by atomic mass is 9.98. The molecular weight excluding hydrogens is 284 g/mol. The number of hydrogen-bond donors (Lipinski definition) is 1. The van der Waals surface area contributed by atoms with Crippen molar-refractivity contribution in [2.24, 2.45) is 0 Å². The molecule has 0 bridgehead atoms. The van der Waals surface area contributed by atoms with Crippen LogP contribution in [0.15, 0.2) is 6.07 Å². The number of nitrogens with zero attached hydrogens (tertiary/aromatic N) is 1. The van der Waals surface area contributed by atoms with Gasteiger partial charge in [-0.25, -0.2) is 0 Å². The molecule has 1 aromatic carbocycles. The van der Waals surface area contributed by atoms with Gasteiger partial charge in [-0.2, -0.15) is 0 Å². The predicted molar refractivity (Wildman–Crippen MR) is 94.0 cm³/mol. The number of piperidine rings is 1. The average molecular weight is 312 g/mol. The van der Waals surface area contributed by atoms with Crippen molar-refractivity contribution in [3.8, 4) is 0 Å². The van der Waals surface area contributed by atoms with Gasteiger partial charge >= 0.3 is 0 Å². The zero-order valence-corrected chi connectivity index (χ0v) is 14.3. The Hall–Kier alpha value is -1.35. The number of amides is 1. The Bertz CT molecular complexity index is 584. The lowest BCUT2D eigenvalue weighted by Crippen LogP contribution is -2.44. The molecule has 1 N–H and O–H groups in total. The smallest absolute Gasteiger partial charge is 0.241 e. The number of nitrogens with one attached hydrogen (secondary N) is 1. The predicted octanol–water partition coefficient (Wildman–Crippen LogP) is 3.48. The Morgan fingerprint density at radius 3 is 2.17 bits per heavy atom. The van der Waals surface area contributed by atoms with E-state index in [-0.39, 0.29) is 11.9 Å². The number of aryl methyl sites for hydroxylation is 2. The molecular formula is C20H28N2O. The molecule has 1 amide bonds. The summed E-state index contributed by atoms with van der Waals surface area (Å²) in [5.41, 5.74) is 7.05. The largest absolute Gasteiger partial charge is 0.324 e. The van der Waals surface area contributed by atoms with Gasteiger partial charge in [0, 0.05) is 5.69 Å². The minimum Gasteiger partial charge on any atom is -0.324 e. The molecule has 3 heteroatoms. The second-order valence-corrected chi connectivity index (χ2v) is 7.50. The number of carbonyl (C=O) groups is 1. The van der Waals surface area contributed by atoms with Gasteiger partial charge in [0.25, 0.3) is 0 Å². The van der Waals surface area contributed by atoms with E-state index >= 15 is 0 Å². The summed E-state index contributed by atoms with van der Waals surface area (Å²) >= 11 is 0. The first-order valence-corrected chi connectivity index (χ1v) is 9.45. The number of fused-ring (bicyclic) bond motifs is 2. The molecule has 0 saturated carbocycles. The number of rotatable bonds is 3. The van der Waals surface area contributed by atoms with E-state index in [2.05, 4.69) is 23.2 Å². The summed E-state index contributed by atoms with van der Waals surface area (Å²) < 4.78 is 0. The van der Waals surface area contributed by atoms with Gasteiger partial charge in [0.1, 0.15) is 0 Å². The molecule has 1 aliphatic heterocycles. The summed E-state index contributed by atoms with van der Waals surface area (Å²) in [5, 5.41) is 3.36. The third-order valence-electron chi connectivity index (χ3n) is 6.04.